The second-order valence-electron chi connectivity index (χ2n) is 3.83. The first-order valence-electron chi connectivity index (χ1n) is 4.91. The fourth-order valence-electron chi connectivity index (χ4n) is 2.02. The molecule has 0 aliphatic heterocycles. The summed E-state index contributed by atoms with van der Waals surface area (Å²) in [6.45, 7) is 0. The molecule has 0 fully saturated rings. The van der Waals surface area contributed by atoms with E-state index in [1.165, 1.54) is 12.1 Å². The monoisotopic (exact) mass is 209 g/mol. The molecular formula is C11H12FNO2. The largest absolute Gasteiger partial charge is 0.478 e. The van der Waals surface area contributed by atoms with Crippen LogP contribution in [0.1, 0.15) is 40.4 Å². The molecule has 1 aromatic carbocycles. The van der Waals surface area contributed by atoms with E-state index in [1.54, 1.807) is 0 Å². The van der Waals surface area contributed by atoms with Crippen molar-refractivity contribution in [1.82, 2.24) is 0 Å². The Morgan fingerprint density at radius 3 is 2.93 bits per heavy atom. The Bertz CT molecular complexity index is 417. The summed E-state index contributed by atoms with van der Waals surface area (Å²) in [6.07, 6.45) is 2.54. The van der Waals surface area contributed by atoms with Gasteiger partial charge in [-0.1, -0.05) is 0 Å². The first-order chi connectivity index (χ1) is 7.09. The maximum absolute atomic E-state index is 13.3. The van der Waals surface area contributed by atoms with Gasteiger partial charge < -0.3 is 10.8 Å². The van der Waals surface area contributed by atoms with Crippen LogP contribution in [0.3, 0.4) is 0 Å². The van der Waals surface area contributed by atoms with Gasteiger partial charge in [-0.15, -0.1) is 0 Å². The van der Waals surface area contributed by atoms with Crippen molar-refractivity contribution in [2.45, 2.75) is 25.3 Å². The summed E-state index contributed by atoms with van der Waals surface area (Å²) >= 11 is 0. The minimum absolute atomic E-state index is 0.160. The van der Waals surface area contributed by atoms with E-state index in [0.717, 1.165) is 30.4 Å². The normalized spacial score (nSPS) is 19.7. The molecule has 0 saturated carbocycles. The third kappa shape index (κ3) is 1.72. The molecule has 0 bridgehead atoms. The number of carboxylic acids is 1. The van der Waals surface area contributed by atoms with E-state index < -0.39 is 11.8 Å². The molecule has 0 saturated heterocycles. The lowest BCUT2D eigenvalue weighted by molar-refractivity contribution is 0.0691. The summed E-state index contributed by atoms with van der Waals surface area (Å²) in [5, 5.41) is 8.77. The molecule has 0 heterocycles. The molecule has 0 spiro atoms. The number of rotatable bonds is 1. The van der Waals surface area contributed by atoms with E-state index in [4.69, 9.17) is 10.8 Å². The van der Waals surface area contributed by atoms with Crippen molar-refractivity contribution in [2.24, 2.45) is 5.73 Å². The van der Waals surface area contributed by atoms with Crippen molar-refractivity contribution >= 4 is 5.97 Å². The summed E-state index contributed by atoms with van der Waals surface area (Å²) in [7, 11) is 0. The molecule has 80 valence electrons. The van der Waals surface area contributed by atoms with E-state index in [9.17, 15) is 9.18 Å². The highest BCUT2D eigenvalue weighted by atomic mass is 19.1. The highest BCUT2D eigenvalue weighted by molar-refractivity contribution is 5.88. The van der Waals surface area contributed by atoms with E-state index in [2.05, 4.69) is 0 Å². The van der Waals surface area contributed by atoms with Crippen LogP contribution < -0.4 is 5.73 Å². The summed E-state index contributed by atoms with van der Waals surface area (Å²) in [5.74, 6) is -1.91. The minimum atomic E-state index is -1.24. The maximum atomic E-state index is 13.3. The van der Waals surface area contributed by atoms with Crippen molar-refractivity contribution in [3.05, 3.63) is 34.6 Å². The molecule has 1 aliphatic rings. The zero-order valence-electron chi connectivity index (χ0n) is 8.16. The van der Waals surface area contributed by atoms with Crippen molar-refractivity contribution in [3.63, 3.8) is 0 Å². The quantitative estimate of drug-likeness (QED) is 0.742. The number of nitrogens with two attached hydrogens (primary N) is 1. The smallest absolute Gasteiger partial charge is 0.338 e. The average Bonchev–Trinajstić information content (AvgIpc) is 2.16. The third-order valence-electron chi connectivity index (χ3n) is 2.82. The fourth-order valence-corrected chi connectivity index (χ4v) is 2.02. The first-order valence-corrected chi connectivity index (χ1v) is 4.91. The van der Waals surface area contributed by atoms with Crippen LogP contribution >= 0.6 is 0 Å². The molecule has 1 aromatic rings. The standard InChI is InChI=1S/C11H12FNO2/c12-9-4-6-2-1-3-10(13)7(6)5-8(9)11(14)15/h4-5,10H,1-3,13H2,(H,14,15). The lowest BCUT2D eigenvalue weighted by Gasteiger charge is -2.22. The van der Waals surface area contributed by atoms with Crippen LogP contribution in [0.4, 0.5) is 4.39 Å². The SMILES string of the molecule is NC1CCCc2cc(F)c(C(=O)O)cc21. The number of hydrogen-bond acceptors (Lipinski definition) is 2. The number of halogens is 1. The Hall–Kier alpha value is -1.42. The van der Waals surface area contributed by atoms with Crippen LogP contribution in [0.15, 0.2) is 12.1 Å². The van der Waals surface area contributed by atoms with Gasteiger partial charge in [0.25, 0.3) is 0 Å². The van der Waals surface area contributed by atoms with E-state index in [1.807, 2.05) is 0 Å². The second-order valence-corrected chi connectivity index (χ2v) is 3.83. The molecular weight excluding hydrogens is 197 g/mol. The van der Waals surface area contributed by atoms with Crippen LogP contribution in [0.2, 0.25) is 0 Å². The van der Waals surface area contributed by atoms with Crippen molar-refractivity contribution in [2.75, 3.05) is 0 Å². The lowest BCUT2D eigenvalue weighted by atomic mass is 9.87. The molecule has 0 amide bonds. The van der Waals surface area contributed by atoms with Gasteiger partial charge in [-0.05, 0) is 42.5 Å². The average molecular weight is 209 g/mol. The van der Waals surface area contributed by atoms with Gasteiger partial charge in [0.2, 0.25) is 0 Å². The number of hydrogen-bond donors (Lipinski definition) is 2. The Morgan fingerprint density at radius 1 is 1.53 bits per heavy atom. The Balaban J connectivity index is 2.55. The zero-order chi connectivity index (χ0) is 11.0. The van der Waals surface area contributed by atoms with Crippen molar-refractivity contribution in [3.8, 4) is 0 Å². The molecule has 1 aliphatic carbocycles. The predicted octanol–water partition coefficient (Wildman–Crippen LogP) is 1.86. The Morgan fingerprint density at radius 2 is 2.27 bits per heavy atom. The van der Waals surface area contributed by atoms with Gasteiger partial charge in [-0.25, -0.2) is 9.18 Å². The van der Waals surface area contributed by atoms with E-state index in [0.29, 0.717) is 0 Å². The molecule has 0 radical (unpaired) electrons. The number of aryl methyl sites for hydroxylation is 1. The summed E-state index contributed by atoms with van der Waals surface area (Å²) in [5.41, 5.74) is 7.19. The van der Waals surface area contributed by atoms with Crippen molar-refractivity contribution < 1.29 is 14.3 Å². The first kappa shape index (κ1) is 10.1. The molecule has 1 unspecified atom stereocenters. The molecule has 4 heteroatoms. The van der Waals surface area contributed by atoms with Crippen LogP contribution in [0, 0.1) is 5.82 Å². The van der Waals surface area contributed by atoms with Gasteiger partial charge in [-0.3, -0.25) is 0 Å². The molecule has 15 heavy (non-hydrogen) atoms. The fraction of sp³-hybridized carbons (Fsp3) is 0.364. The van der Waals surface area contributed by atoms with Gasteiger partial charge in [0.15, 0.2) is 0 Å². The molecule has 3 N–H and O–H groups in total. The summed E-state index contributed by atoms with van der Waals surface area (Å²) < 4.78 is 13.3. The highest BCUT2D eigenvalue weighted by Crippen LogP contribution is 2.29. The minimum Gasteiger partial charge on any atom is -0.478 e. The summed E-state index contributed by atoms with van der Waals surface area (Å²) in [6, 6.07) is 2.52. The van der Waals surface area contributed by atoms with Crippen LogP contribution in [0.5, 0.6) is 0 Å². The van der Waals surface area contributed by atoms with Gasteiger partial charge in [0.05, 0.1) is 5.56 Å². The number of carbonyl (C=O) groups is 1. The van der Waals surface area contributed by atoms with Crippen LogP contribution in [-0.2, 0) is 6.42 Å². The van der Waals surface area contributed by atoms with Gasteiger partial charge in [0.1, 0.15) is 5.82 Å². The number of fused-ring (bicyclic) bond motifs is 1. The van der Waals surface area contributed by atoms with Gasteiger partial charge >= 0.3 is 5.97 Å². The zero-order valence-corrected chi connectivity index (χ0v) is 8.16. The van der Waals surface area contributed by atoms with Crippen molar-refractivity contribution in [1.29, 1.82) is 0 Å². The lowest BCUT2D eigenvalue weighted by Crippen LogP contribution is -2.19. The molecule has 2 rings (SSSR count). The Labute approximate surface area is 86.7 Å². The maximum Gasteiger partial charge on any atom is 0.338 e. The third-order valence-corrected chi connectivity index (χ3v) is 2.82. The summed E-state index contributed by atoms with van der Waals surface area (Å²) in [4.78, 5) is 10.7. The van der Waals surface area contributed by atoms with E-state index in [-0.39, 0.29) is 11.6 Å². The molecule has 3 nitrogen and oxygen atoms in total. The second kappa shape index (κ2) is 3.62. The van der Waals surface area contributed by atoms with Crippen LogP contribution in [-0.4, -0.2) is 11.1 Å². The van der Waals surface area contributed by atoms with Crippen LogP contribution in [0.25, 0.3) is 0 Å². The number of benzene rings is 1. The van der Waals surface area contributed by atoms with Gasteiger partial charge in [-0.2, -0.15) is 0 Å². The molecule has 1 atom stereocenters. The highest BCUT2D eigenvalue weighted by Gasteiger charge is 2.21. The number of aromatic carboxylic acids is 1. The molecule has 0 aromatic heterocycles. The number of carboxylic acid groups (broad SMARTS) is 1. The van der Waals surface area contributed by atoms with E-state index >= 15 is 0 Å². The topological polar surface area (TPSA) is 63.3 Å². The van der Waals surface area contributed by atoms with Gasteiger partial charge in [0, 0.05) is 6.04 Å². The predicted molar refractivity (Wildman–Crippen MR) is 53.2 cm³/mol. The Kier molecular flexibility index (Phi) is 2.44.